The van der Waals surface area contributed by atoms with Gasteiger partial charge in [0.15, 0.2) is 0 Å². The molecule has 172 valence electrons. The first-order valence-electron chi connectivity index (χ1n) is 11.5. The first kappa shape index (κ1) is 29.0. The summed E-state index contributed by atoms with van der Waals surface area (Å²) in [5, 5.41) is 11.9. The van der Waals surface area contributed by atoms with Crippen LogP contribution in [0.25, 0.3) is 0 Å². The molecule has 0 atom stereocenters. The fourth-order valence-electron chi connectivity index (χ4n) is 3.74. The van der Waals surface area contributed by atoms with Crippen LogP contribution in [0.4, 0.5) is 0 Å². The summed E-state index contributed by atoms with van der Waals surface area (Å²) in [7, 11) is -4.67. The van der Waals surface area contributed by atoms with Crippen LogP contribution in [0.3, 0.4) is 0 Å². The minimum Gasteiger partial charge on any atom is -0.871 e. The minimum atomic E-state index is -4.67. The van der Waals surface area contributed by atoms with Gasteiger partial charge in [0.25, 0.3) is 10.1 Å². The van der Waals surface area contributed by atoms with E-state index < -0.39 is 20.8 Å². The largest absolute Gasteiger partial charge is 1.00 e. The molecule has 0 aliphatic heterocycles. The predicted octanol–water partition coefficient (Wildman–Crippen LogP) is 3.66. The molecule has 2 aromatic rings. The molecule has 2 aromatic carbocycles. The van der Waals surface area contributed by atoms with Crippen LogP contribution < -0.4 is 39.4 Å². The van der Waals surface area contributed by atoms with Crippen LogP contribution in [0.15, 0.2) is 47.4 Å². The van der Waals surface area contributed by atoms with Crippen LogP contribution in [0.1, 0.15) is 83.1 Å². The zero-order valence-corrected chi connectivity index (χ0v) is 22.3. The van der Waals surface area contributed by atoms with Crippen LogP contribution in [-0.4, -0.2) is 13.0 Å². The van der Waals surface area contributed by atoms with E-state index in [9.17, 15) is 18.1 Å². The Hall–Kier alpha value is -1.05. The fourth-order valence-corrected chi connectivity index (χ4v) is 4.42. The second-order valence-electron chi connectivity index (χ2n) is 8.05. The minimum absolute atomic E-state index is 0. The van der Waals surface area contributed by atoms with E-state index in [1.165, 1.54) is 69.9 Å². The van der Waals surface area contributed by atoms with Crippen LogP contribution >= 0.6 is 0 Å². The van der Waals surface area contributed by atoms with Crippen molar-refractivity contribution in [1.29, 1.82) is 0 Å². The Bertz CT molecular complexity index is 899. The number of rotatable bonds is 15. The molecule has 0 aromatic heterocycles. The number of hydrogen-bond acceptors (Lipinski definition) is 4. The Morgan fingerprint density at radius 3 is 1.91 bits per heavy atom. The molecule has 0 saturated heterocycles. The molecule has 0 radical (unpaired) electrons. The number of ether oxygens (including phenoxy) is 1. The molecular weight excluding hydrogens is 435 g/mol. The number of hydrogen-bond donors (Lipinski definition) is 1. The van der Waals surface area contributed by atoms with Gasteiger partial charge >= 0.3 is 29.6 Å². The Morgan fingerprint density at radius 2 is 1.31 bits per heavy atom. The number of para-hydroxylation sites is 1. The van der Waals surface area contributed by atoms with Gasteiger partial charge < -0.3 is 9.84 Å². The van der Waals surface area contributed by atoms with Crippen molar-refractivity contribution in [2.24, 2.45) is 0 Å². The standard InChI is InChI=1S/C25H36O5S.Na/c1-2-3-4-5-6-7-8-9-10-11-12-16-21-17-13-14-19-23(21)30-24-20-15-18-22(26)25(24)31(27,28)29;/h13-15,17-20,26H,2-12,16H2,1H3,(H,27,28,29);/q;+1/p-1. The summed E-state index contributed by atoms with van der Waals surface area (Å²) in [4.78, 5) is -0.723. The van der Waals surface area contributed by atoms with E-state index in [0.717, 1.165) is 30.9 Å². The molecule has 0 amide bonds. The molecule has 5 nitrogen and oxygen atoms in total. The monoisotopic (exact) mass is 470 g/mol. The molecule has 0 bridgehead atoms. The van der Waals surface area contributed by atoms with Crippen LogP contribution in [0.5, 0.6) is 17.2 Å². The molecule has 0 heterocycles. The summed E-state index contributed by atoms with van der Waals surface area (Å²) in [5.41, 5.74) is 0.955. The number of benzene rings is 2. The van der Waals surface area contributed by atoms with Gasteiger partial charge in [0, 0.05) is 0 Å². The van der Waals surface area contributed by atoms with Crippen molar-refractivity contribution in [2.75, 3.05) is 0 Å². The Kier molecular flexibility index (Phi) is 14.2. The van der Waals surface area contributed by atoms with Crippen LogP contribution in [0.2, 0.25) is 0 Å². The maximum Gasteiger partial charge on any atom is 1.00 e. The second kappa shape index (κ2) is 15.7. The van der Waals surface area contributed by atoms with Crippen molar-refractivity contribution in [3.8, 4) is 17.2 Å². The second-order valence-corrected chi connectivity index (χ2v) is 9.41. The first-order valence-corrected chi connectivity index (χ1v) is 12.9. The molecule has 1 N–H and O–H groups in total. The summed E-state index contributed by atoms with van der Waals surface area (Å²) >= 11 is 0. The first-order chi connectivity index (χ1) is 14.9. The average Bonchev–Trinajstić information content (AvgIpc) is 2.72. The van der Waals surface area contributed by atoms with Gasteiger partial charge in [0.1, 0.15) is 16.4 Å². The van der Waals surface area contributed by atoms with Gasteiger partial charge in [-0.05, 0) is 30.5 Å². The Morgan fingerprint density at radius 1 is 0.781 bits per heavy atom. The summed E-state index contributed by atoms with van der Waals surface area (Å²) in [6.45, 7) is 2.24. The summed E-state index contributed by atoms with van der Waals surface area (Å²) in [5.74, 6) is -0.436. The fraction of sp³-hybridized carbons (Fsp3) is 0.520. The maximum atomic E-state index is 11.9. The van der Waals surface area contributed by atoms with Crippen molar-refractivity contribution in [2.45, 2.75) is 88.9 Å². The Labute approximate surface area is 215 Å². The third-order valence-electron chi connectivity index (χ3n) is 5.44. The van der Waals surface area contributed by atoms with Crippen molar-refractivity contribution >= 4 is 10.1 Å². The van der Waals surface area contributed by atoms with Gasteiger partial charge in [-0.3, -0.25) is 4.55 Å². The summed E-state index contributed by atoms with van der Waals surface area (Å²) in [6.07, 6.45) is 14.8. The van der Waals surface area contributed by atoms with Crippen molar-refractivity contribution in [3.63, 3.8) is 0 Å². The third kappa shape index (κ3) is 10.3. The van der Waals surface area contributed by atoms with E-state index >= 15 is 0 Å². The topological polar surface area (TPSA) is 86.7 Å². The maximum absolute atomic E-state index is 11.9. The van der Waals surface area contributed by atoms with Crippen LogP contribution in [0, 0.1) is 0 Å². The van der Waals surface area contributed by atoms with Crippen molar-refractivity contribution in [1.82, 2.24) is 0 Å². The van der Waals surface area contributed by atoms with Gasteiger partial charge in [-0.15, -0.1) is 0 Å². The van der Waals surface area contributed by atoms with Crippen molar-refractivity contribution < 1.29 is 52.4 Å². The predicted molar refractivity (Wildman–Crippen MR) is 122 cm³/mol. The van der Waals surface area contributed by atoms with Gasteiger partial charge in [-0.2, -0.15) is 8.42 Å². The van der Waals surface area contributed by atoms with Crippen LogP contribution in [-0.2, 0) is 16.5 Å². The van der Waals surface area contributed by atoms with Crippen molar-refractivity contribution in [3.05, 3.63) is 48.0 Å². The van der Waals surface area contributed by atoms with Gasteiger partial charge in [0.2, 0.25) is 0 Å². The molecule has 32 heavy (non-hydrogen) atoms. The zero-order valence-electron chi connectivity index (χ0n) is 19.5. The average molecular weight is 471 g/mol. The van der Waals surface area contributed by atoms with E-state index in [2.05, 4.69) is 6.92 Å². The van der Waals surface area contributed by atoms with Gasteiger partial charge in [-0.25, -0.2) is 0 Å². The Balaban J connectivity index is 0.00000512. The smallest absolute Gasteiger partial charge is 0.871 e. The molecular formula is C25H35NaO5S. The summed E-state index contributed by atoms with van der Waals surface area (Å²) < 4.78 is 38.4. The van der Waals surface area contributed by atoms with Gasteiger partial charge in [-0.1, -0.05) is 107 Å². The zero-order chi connectivity index (χ0) is 22.5. The SMILES string of the molecule is CCCCCCCCCCCCCc1ccccc1Oc1cccc([O-])c1S(=O)(=O)O.[Na+]. The molecule has 0 fully saturated rings. The van der Waals surface area contributed by atoms with E-state index in [4.69, 9.17) is 4.74 Å². The van der Waals surface area contributed by atoms with E-state index in [0.29, 0.717) is 5.75 Å². The number of unbranched alkanes of at least 4 members (excludes halogenated alkanes) is 10. The molecule has 0 spiro atoms. The molecule has 0 aliphatic carbocycles. The molecule has 0 unspecified atom stereocenters. The van der Waals surface area contributed by atoms with Gasteiger partial charge in [0.05, 0.1) is 0 Å². The molecule has 0 aliphatic rings. The molecule has 2 rings (SSSR count). The normalized spacial score (nSPS) is 11.2. The quantitative estimate of drug-likeness (QED) is 0.244. The third-order valence-corrected chi connectivity index (χ3v) is 6.36. The summed E-state index contributed by atoms with van der Waals surface area (Å²) in [6, 6.07) is 11.3. The van der Waals surface area contributed by atoms with E-state index in [1.54, 1.807) is 12.1 Å². The molecule has 0 saturated carbocycles. The van der Waals surface area contributed by atoms with E-state index in [-0.39, 0.29) is 35.3 Å². The molecule has 7 heteroatoms. The van der Waals surface area contributed by atoms with E-state index in [1.807, 2.05) is 12.1 Å². The number of aryl methyl sites for hydroxylation is 1.